The first-order valence-corrected chi connectivity index (χ1v) is 10.8. The summed E-state index contributed by atoms with van der Waals surface area (Å²) >= 11 is 1.96. The second-order valence-corrected chi connectivity index (χ2v) is 9.49. The van der Waals surface area contributed by atoms with Gasteiger partial charge in [0.2, 0.25) is 0 Å². The van der Waals surface area contributed by atoms with Crippen molar-refractivity contribution in [1.82, 2.24) is 9.21 Å². The monoisotopic (exact) mass is 362 g/mol. The van der Waals surface area contributed by atoms with Gasteiger partial charge in [0.05, 0.1) is 0 Å². The molecule has 3 atom stereocenters. The van der Waals surface area contributed by atoms with Gasteiger partial charge in [-0.05, 0) is 75.4 Å². The molecule has 2 nitrogen and oxygen atoms in total. The molecule has 0 N–H and O–H groups in total. The van der Waals surface area contributed by atoms with Crippen LogP contribution in [0.25, 0.3) is 0 Å². The Morgan fingerprint density at radius 2 is 1.68 bits per heavy atom. The molecular weight excluding hydrogens is 324 g/mol. The molecule has 3 heteroatoms. The van der Waals surface area contributed by atoms with Gasteiger partial charge < -0.3 is 4.90 Å². The van der Waals surface area contributed by atoms with Crippen molar-refractivity contribution >= 4 is 11.9 Å². The summed E-state index contributed by atoms with van der Waals surface area (Å²) < 4.78 is 2.54. The standard InChI is InChI=1S/C22H38N2S/c1-8-24(25-22-19(5)12-16(2)13-20(22)6)10-9-21(7)23-14-17(3)11-18(4)15-23/h12-13,17-18,21H,8-11,14-15H2,1-7H3/t17?,18?,21-/m1/s1. The summed E-state index contributed by atoms with van der Waals surface area (Å²) in [5.74, 6) is 1.70. The van der Waals surface area contributed by atoms with E-state index in [-0.39, 0.29) is 0 Å². The lowest BCUT2D eigenvalue weighted by Gasteiger charge is -2.39. The Morgan fingerprint density at radius 3 is 2.20 bits per heavy atom. The van der Waals surface area contributed by atoms with Crippen LogP contribution in [-0.2, 0) is 0 Å². The molecule has 1 heterocycles. The zero-order valence-corrected chi connectivity index (χ0v) is 18.2. The van der Waals surface area contributed by atoms with Crippen LogP contribution in [0.2, 0.25) is 0 Å². The number of nitrogens with zero attached hydrogens (tertiary/aromatic N) is 2. The number of aryl methyl sites for hydroxylation is 3. The lowest BCUT2D eigenvalue weighted by atomic mass is 9.90. The van der Waals surface area contributed by atoms with Crippen LogP contribution in [0, 0.1) is 32.6 Å². The Morgan fingerprint density at radius 1 is 1.12 bits per heavy atom. The largest absolute Gasteiger partial charge is 0.300 e. The van der Waals surface area contributed by atoms with Crippen LogP contribution < -0.4 is 0 Å². The fraction of sp³-hybridized carbons (Fsp3) is 0.727. The van der Waals surface area contributed by atoms with Crippen molar-refractivity contribution in [2.75, 3.05) is 26.2 Å². The highest BCUT2D eigenvalue weighted by molar-refractivity contribution is 7.97. The van der Waals surface area contributed by atoms with Gasteiger partial charge in [0.1, 0.15) is 0 Å². The molecule has 1 aromatic carbocycles. The van der Waals surface area contributed by atoms with Crippen LogP contribution in [0.3, 0.4) is 0 Å². The molecule has 2 unspecified atom stereocenters. The number of likely N-dealkylation sites (tertiary alicyclic amines) is 1. The number of piperidine rings is 1. The molecule has 0 aliphatic carbocycles. The molecule has 0 spiro atoms. The van der Waals surface area contributed by atoms with E-state index in [4.69, 9.17) is 0 Å². The second-order valence-electron chi connectivity index (χ2n) is 8.38. The van der Waals surface area contributed by atoms with Gasteiger partial charge in [-0.15, -0.1) is 0 Å². The normalized spacial score (nSPS) is 23.2. The third-order valence-corrected chi connectivity index (χ3v) is 7.02. The van der Waals surface area contributed by atoms with E-state index in [1.807, 2.05) is 11.9 Å². The zero-order chi connectivity index (χ0) is 18.6. The smallest absolute Gasteiger partial charge is 0.0288 e. The Kier molecular flexibility index (Phi) is 7.85. The van der Waals surface area contributed by atoms with Crippen molar-refractivity contribution < 1.29 is 0 Å². The van der Waals surface area contributed by atoms with E-state index < -0.39 is 0 Å². The maximum Gasteiger partial charge on any atom is 0.0288 e. The first-order valence-electron chi connectivity index (χ1n) is 10.0. The van der Waals surface area contributed by atoms with Crippen molar-refractivity contribution in [3.05, 3.63) is 28.8 Å². The lowest BCUT2D eigenvalue weighted by molar-refractivity contribution is 0.0966. The first-order chi connectivity index (χ1) is 11.8. The number of hydrogen-bond acceptors (Lipinski definition) is 3. The summed E-state index contributed by atoms with van der Waals surface area (Å²) in [5.41, 5.74) is 4.18. The van der Waals surface area contributed by atoms with Gasteiger partial charge in [0.25, 0.3) is 0 Å². The summed E-state index contributed by atoms with van der Waals surface area (Å²) in [5, 5.41) is 0. The van der Waals surface area contributed by atoms with Crippen molar-refractivity contribution in [3.8, 4) is 0 Å². The Labute approximate surface area is 160 Å². The summed E-state index contributed by atoms with van der Waals surface area (Å²) in [6.07, 6.45) is 2.65. The Bertz CT molecular complexity index is 524. The molecule has 1 aromatic rings. The fourth-order valence-corrected chi connectivity index (χ4v) is 5.28. The fourth-order valence-electron chi connectivity index (χ4n) is 4.29. The minimum Gasteiger partial charge on any atom is -0.300 e. The minimum absolute atomic E-state index is 0.681. The maximum atomic E-state index is 2.72. The van der Waals surface area contributed by atoms with Gasteiger partial charge in [-0.2, -0.15) is 0 Å². The van der Waals surface area contributed by atoms with Crippen LogP contribution in [0.15, 0.2) is 17.0 Å². The van der Waals surface area contributed by atoms with E-state index in [1.54, 1.807) is 0 Å². The van der Waals surface area contributed by atoms with E-state index in [0.717, 1.165) is 24.9 Å². The summed E-state index contributed by atoms with van der Waals surface area (Å²) in [6, 6.07) is 5.30. The van der Waals surface area contributed by atoms with Crippen LogP contribution >= 0.6 is 11.9 Å². The Balaban J connectivity index is 1.92. The van der Waals surface area contributed by atoms with E-state index in [1.165, 1.54) is 47.5 Å². The highest BCUT2D eigenvalue weighted by Gasteiger charge is 2.25. The molecule has 0 bridgehead atoms. The van der Waals surface area contributed by atoms with Crippen LogP contribution in [0.4, 0.5) is 0 Å². The molecule has 1 fully saturated rings. The summed E-state index contributed by atoms with van der Waals surface area (Å²) in [4.78, 5) is 4.17. The van der Waals surface area contributed by atoms with Gasteiger partial charge in [-0.25, -0.2) is 4.31 Å². The molecule has 0 aromatic heterocycles. The van der Waals surface area contributed by atoms with E-state index in [2.05, 4.69) is 69.8 Å². The molecule has 1 aliphatic rings. The maximum absolute atomic E-state index is 2.72. The van der Waals surface area contributed by atoms with E-state index >= 15 is 0 Å². The highest BCUT2D eigenvalue weighted by atomic mass is 32.2. The second kappa shape index (κ2) is 9.43. The van der Waals surface area contributed by atoms with Crippen molar-refractivity contribution in [1.29, 1.82) is 0 Å². The van der Waals surface area contributed by atoms with Gasteiger partial charge in [-0.3, -0.25) is 0 Å². The average molecular weight is 363 g/mol. The highest BCUT2D eigenvalue weighted by Crippen LogP contribution is 2.31. The van der Waals surface area contributed by atoms with Crippen molar-refractivity contribution in [3.63, 3.8) is 0 Å². The Hall–Kier alpha value is -0.510. The molecule has 25 heavy (non-hydrogen) atoms. The van der Waals surface area contributed by atoms with Gasteiger partial charge in [-0.1, -0.05) is 38.5 Å². The van der Waals surface area contributed by atoms with Crippen LogP contribution in [-0.4, -0.2) is 41.4 Å². The van der Waals surface area contributed by atoms with Crippen LogP contribution in [0.5, 0.6) is 0 Å². The number of benzene rings is 1. The lowest BCUT2D eigenvalue weighted by Crippen LogP contribution is -2.44. The first kappa shape index (κ1) is 20.8. The zero-order valence-electron chi connectivity index (χ0n) is 17.4. The SMILES string of the molecule is CCN(CC[C@@H](C)N1CC(C)CC(C)C1)Sc1c(C)cc(C)cc1C. The topological polar surface area (TPSA) is 6.48 Å². The molecule has 2 rings (SSSR count). The number of hydrogen-bond donors (Lipinski definition) is 0. The van der Waals surface area contributed by atoms with Gasteiger partial charge in [0.15, 0.2) is 0 Å². The van der Waals surface area contributed by atoms with Crippen molar-refractivity contribution in [2.45, 2.75) is 72.2 Å². The third-order valence-electron chi connectivity index (χ3n) is 5.49. The summed E-state index contributed by atoms with van der Waals surface area (Å²) in [6.45, 7) is 21.0. The predicted octanol–water partition coefficient (Wildman–Crippen LogP) is 5.70. The quantitative estimate of drug-likeness (QED) is 0.575. The van der Waals surface area contributed by atoms with Crippen molar-refractivity contribution in [2.24, 2.45) is 11.8 Å². The van der Waals surface area contributed by atoms with E-state index in [0.29, 0.717) is 6.04 Å². The van der Waals surface area contributed by atoms with E-state index in [9.17, 15) is 0 Å². The third kappa shape index (κ3) is 6.01. The van der Waals surface area contributed by atoms with Crippen LogP contribution in [0.1, 0.15) is 57.2 Å². The molecule has 0 saturated carbocycles. The molecule has 0 amide bonds. The average Bonchev–Trinajstić information content (AvgIpc) is 2.52. The molecular formula is C22H38N2S. The predicted molar refractivity (Wildman–Crippen MR) is 112 cm³/mol. The molecule has 0 radical (unpaired) electrons. The number of rotatable bonds is 7. The minimum atomic E-state index is 0.681. The molecule has 1 aliphatic heterocycles. The summed E-state index contributed by atoms with van der Waals surface area (Å²) in [7, 11) is 0. The van der Waals surface area contributed by atoms with Gasteiger partial charge in [0, 0.05) is 37.1 Å². The molecule has 1 saturated heterocycles. The molecule has 142 valence electrons. The van der Waals surface area contributed by atoms with Gasteiger partial charge >= 0.3 is 0 Å².